The summed E-state index contributed by atoms with van der Waals surface area (Å²) in [5.74, 6) is 0.511. The van der Waals surface area contributed by atoms with E-state index >= 15 is 0 Å². The molecule has 0 aliphatic carbocycles. The summed E-state index contributed by atoms with van der Waals surface area (Å²) < 4.78 is 18.5. The molecule has 1 fully saturated rings. The van der Waals surface area contributed by atoms with E-state index in [1.165, 1.54) is 18.3 Å². The lowest BCUT2D eigenvalue weighted by Crippen LogP contribution is -2.47. The first kappa shape index (κ1) is 20.6. The second-order valence-electron chi connectivity index (χ2n) is 8.04. The van der Waals surface area contributed by atoms with Gasteiger partial charge in [0.05, 0.1) is 11.9 Å². The van der Waals surface area contributed by atoms with Gasteiger partial charge in [0.1, 0.15) is 11.4 Å². The maximum Gasteiger partial charge on any atom is 0.410 e. The van der Waals surface area contributed by atoms with Gasteiger partial charge in [-0.2, -0.15) is 4.98 Å². The number of halogens is 1. The van der Waals surface area contributed by atoms with Crippen molar-refractivity contribution in [1.82, 2.24) is 14.9 Å². The number of benzene rings is 1. The molecule has 2 aromatic rings. The summed E-state index contributed by atoms with van der Waals surface area (Å²) in [6.07, 6.45) is 2.92. The molecule has 8 nitrogen and oxygen atoms in total. The van der Waals surface area contributed by atoms with Crippen molar-refractivity contribution in [2.45, 2.75) is 45.3 Å². The van der Waals surface area contributed by atoms with Crippen molar-refractivity contribution in [1.29, 1.82) is 0 Å². The van der Waals surface area contributed by atoms with Gasteiger partial charge in [-0.05, 0) is 57.9 Å². The Hall–Kier alpha value is -3.10. The highest BCUT2D eigenvalue weighted by Crippen LogP contribution is 2.23. The van der Waals surface area contributed by atoms with E-state index in [4.69, 9.17) is 10.5 Å². The number of carbonyl (C=O) groups excluding carboxylic acids is 1. The van der Waals surface area contributed by atoms with E-state index in [0.717, 1.165) is 12.8 Å². The summed E-state index contributed by atoms with van der Waals surface area (Å²) >= 11 is 0. The predicted octanol–water partition coefficient (Wildman–Crippen LogP) is 3.75. The lowest BCUT2D eigenvalue weighted by atomic mass is 10.1. The fourth-order valence-electron chi connectivity index (χ4n) is 3.01. The third kappa shape index (κ3) is 5.94. The van der Waals surface area contributed by atoms with Crippen LogP contribution in [0, 0.1) is 5.82 Å². The predicted molar refractivity (Wildman–Crippen MR) is 111 cm³/mol. The summed E-state index contributed by atoms with van der Waals surface area (Å²) in [5.41, 5.74) is 6.56. The summed E-state index contributed by atoms with van der Waals surface area (Å²) in [4.78, 5) is 22.6. The average molecular weight is 402 g/mol. The molecule has 0 radical (unpaired) electrons. The van der Waals surface area contributed by atoms with E-state index in [0.29, 0.717) is 36.2 Å². The molecule has 29 heavy (non-hydrogen) atoms. The molecule has 0 bridgehead atoms. The van der Waals surface area contributed by atoms with E-state index in [1.807, 2.05) is 20.8 Å². The van der Waals surface area contributed by atoms with Crippen LogP contribution in [0.1, 0.15) is 33.6 Å². The van der Waals surface area contributed by atoms with Gasteiger partial charge in [-0.3, -0.25) is 0 Å². The smallest absolute Gasteiger partial charge is 0.410 e. The van der Waals surface area contributed by atoms with Crippen LogP contribution in [0.5, 0.6) is 0 Å². The van der Waals surface area contributed by atoms with Gasteiger partial charge in [0.15, 0.2) is 5.82 Å². The highest BCUT2D eigenvalue weighted by atomic mass is 19.1. The maximum atomic E-state index is 13.1. The molecule has 0 spiro atoms. The molecular formula is C20H27FN6O2. The molecule has 1 amide bonds. The number of nitrogens with one attached hydrogen (secondary N) is 2. The number of hydrogen-bond donors (Lipinski definition) is 3. The minimum Gasteiger partial charge on any atom is -0.444 e. The summed E-state index contributed by atoms with van der Waals surface area (Å²) in [6, 6.07) is 5.90. The zero-order valence-electron chi connectivity index (χ0n) is 16.9. The van der Waals surface area contributed by atoms with E-state index in [9.17, 15) is 9.18 Å². The van der Waals surface area contributed by atoms with Gasteiger partial charge < -0.3 is 26.0 Å². The molecule has 1 aromatic heterocycles. The third-order valence-corrected chi connectivity index (χ3v) is 4.33. The van der Waals surface area contributed by atoms with Gasteiger partial charge in [0, 0.05) is 24.8 Å². The van der Waals surface area contributed by atoms with E-state index in [1.54, 1.807) is 17.0 Å². The van der Waals surface area contributed by atoms with Crippen LogP contribution in [0.15, 0.2) is 30.5 Å². The number of likely N-dealkylation sites (tertiary alicyclic amines) is 1. The minimum atomic E-state index is -0.532. The van der Waals surface area contributed by atoms with Gasteiger partial charge in [-0.1, -0.05) is 0 Å². The Bertz CT molecular complexity index is 853. The van der Waals surface area contributed by atoms with E-state index in [-0.39, 0.29) is 18.0 Å². The molecule has 1 aliphatic heterocycles. The molecule has 1 aromatic carbocycles. The SMILES string of the molecule is CC(C)(C)OC(=O)N1CCCC(Nc2nc(Nc3ccc(F)cc3)ncc2N)C1. The average Bonchev–Trinajstić information content (AvgIpc) is 2.65. The number of nitrogens with two attached hydrogens (primary N) is 1. The van der Waals surface area contributed by atoms with Gasteiger partial charge >= 0.3 is 6.09 Å². The van der Waals surface area contributed by atoms with Crippen LogP contribution >= 0.6 is 0 Å². The highest BCUT2D eigenvalue weighted by molar-refractivity contribution is 5.69. The quantitative estimate of drug-likeness (QED) is 0.715. The number of ether oxygens (including phenoxy) is 1. The molecule has 9 heteroatoms. The van der Waals surface area contributed by atoms with Crippen molar-refractivity contribution >= 4 is 29.2 Å². The second kappa shape index (κ2) is 8.50. The van der Waals surface area contributed by atoms with Gasteiger partial charge in [-0.15, -0.1) is 0 Å². The second-order valence-corrected chi connectivity index (χ2v) is 8.04. The summed E-state index contributed by atoms with van der Waals surface area (Å²) in [6.45, 7) is 6.70. The first-order chi connectivity index (χ1) is 13.7. The summed E-state index contributed by atoms with van der Waals surface area (Å²) in [5, 5.41) is 6.33. The molecule has 0 saturated carbocycles. The monoisotopic (exact) mass is 402 g/mol. The lowest BCUT2D eigenvalue weighted by Gasteiger charge is -2.34. The van der Waals surface area contributed by atoms with Crippen LogP contribution in [-0.2, 0) is 4.74 Å². The highest BCUT2D eigenvalue weighted by Gasteiger charge is 2.28. The Morgan fingerprint density at radius 3 is 2.72 bits per heavy atom. The van der Waals surface area contributed by atoms with Gasteiger partial charge in [0.2, 0.25) is 5.95 Å². The number of carbonyl (C=O) groups is 1. The van der Waals surface area contributed by atoms with Gasteiger partial charge in [0.25, 0.3) is 0 Å². The number of rotatable bonds is 4. The van der Waals surface area contributed by atoms with Crippen LogP contribution in [0.3, 0.4) is 0 Å². The topological polar surface area (TPSA) is 105 Å². The zero-order valence-corrected chi connectivity index (χ0v) is 16.9. The van der Waals surface area contributed by atoms with Crippen LogP contribution in [0.25, 0.3) is 0 Å². The standard InChI is InChI=1S/C20H27FN6O2/c1-20(2,3)29-19(28)27-10-4-5-15(12-27)24-17-16(22)11-23-18(26-17)25-14-8-6-13(21)7-9-14/h6-9,11,15H,4-5,10,12,22H2,1-3H3,(H2,23,24,25,26). The van der Waals surface area contributed by atoms with Gasteiger partial charge in [-0.25, -0.2) is 14.2 Å². The Morgan fingerprint density at radius 1 is 1.31 bits per heavy atom. The Kier molecular flexibility index (Phi) is 6.05. The van der Waals surface area contributed by atoms with Crippen LogP contribution < -0.4 is 16.4 Å². The Morgan fingerprint density at radius 2 is 2.03 bits per heavy atom. The van der Waals surface area contributed by atoms with Crippen LogP contribution in [0.2, 0.25) is 0 Å². The van der Waals surface area contributed by atoms with Crippen molar-refractivity contribution < 1.29 is 13.9 Å². The molecule has 1 saturated heterocycles. The van der Waals surface area contributed by atoms with Crippen molar-refractivity contribution in [3.05, 3.63) is 36.3 Å². The minimum absolute atomic E-state index is 0.00728. The van der Waals surface area contributed by atoms with Crippen LogP contribution in [0.4, 0.5) is 32.3 Å². The number of hydrogen-bond acceptors (Lipinski definition) is 7. The van der Waals surface area contributed by atoms with Crippen molar-refractivity contribution in [2.75, 3.05) is 29.5 Å². The first-order valence-electron chi connectivity index (χ1n) is 9.59. The molecule has 4 N–H and O–H groups in total. The summed E-state index contributed by atoms with van der Waals surface area (Å²) in [7, 11) is 0. The fourth-order valence-corrected chi connectivity index (χ4v) is 3.01. The number of anilines is 4. The number of aromatic nitrogens is 2. The van der Waals surface area contributed by atoms with Crippen molar-refractivity contribution in [3.63, 3.8) is 0 Å². The molecule has 1 atom stereocenters. The first-order valence-corrected chi connectivity index (χ1v) is 9.59. The molecule has 1 unspecified atom stereocenters. The Balaban J connectivity index is 1.66. The molecular weight excluding hydrogens is 375 g/mol. The van der Waals surface area contributed by atoms with E-state index in [2.05, 4.69) is 20.6 Å². The fraction of sp³-hybridized carbons (Fsp3) is 0.450. The van der Waals surface area contributed by atoms with E-state index < -0.39 is 5.60 Å². The van der Waals surface area contributed by atoms with Crippen molar-refractivity contribution in [3.8, 4) is 0 Å². The zero-order chi connectivity index (χ0) is 21.0. The van der Waals surface area contributed by atoms with Crippen LogP contribution in [-0.4, -0.2) is 45.7 Å². The normalized spacial score (nSPS) is 17.0. The maximum absolute atomic E-state index is 13.1. The number of amides is 1. The molecule has 3 rings (SSSR count). The number of nitrogen functional groups attached to an aromatic ring is 1. The Labute approximate surface area is 169 Å². The number of nitrogens with zero attached hydrogens (tertiary/aromatic N) is 3. The third-order valence-electron chi connectivity index (χ3n) is 4.33. The molecule has 1 aliphatic rings. The lowest BCUT2D eigenvalue weighted by molar-refractivity contribution is 0.0206. The largest absolute Gasteiger partial charge is 0.444 e. The molecule has 2 heterocycles. The molecule has 156 valence electrons. The number of piperidine rings is 1. The van der Waals surface area contributed by atoms with Crippen molar-refractivity contribution in [2.24, 2.45) is 0 Å².